The first-order valence-corrected chi connectivity index (χ1v) is 10.8. The maximum absolute atomic E-state index is 13.0. The van der Waals surface area contributed by atoms with E-state index in [1.165, 1.54) is 33.5 Å². The molecule has 1 saturated heterocycles. The summed E-state index contributed by atoms with van der Waals surface area (Å²) in [4.78, 5) is 14.2. The second-order valence-corrected chi connectivity index (χ2v) is 9.02. The Labute approximate surface area is 161 Å². The van der Waals surface area contributed by atoms with Gasteiger partial charge in [0.1, 0.15) is 18.3 Å². The van der Waals surface area contributed by atoms with Crippen LogP contribution in [-0.4, -0.2) is 65.0 Å². The zero-order valence-corrected chi connectivity index (χ0v) is 17.6. The number of sulfone groups is 1. The lowest BCUT2D eigenvalue weighted by Crippen LogP contribution is -2.39. The summed E-state index contributed by atoms with van der Waals surface area (Å²) in [5.74, 6) is 0. The van der Waals surface area contributed by atoms with E-state index < -0.39 is 42.2 Å². The number of halogens is 1. The molecule has 0 bridgehead atoms. The molecular weight excluding hydrogens is 455 g/mol. The van der Waals surface area contributed by atoms with Crippen molar-refractivity contribution in [1.82, 2.24) is 0 Å². The van der Waals surface area contributed by atoms with Crippen molar-refractivity contribution < 1.29 is 41.6 Å². The molecular formula is C14H20BrO9PS. The summed E-state index contributed by atoms with van der Waals surface area (Å²) in [5.41, 5.74) is -1.34. The van der Waals surface area contributed by atoms with Gasteiger partial charge in [0.25, 0.3) is 0 Å². The fourth-order valence-corrected chi connectivity index (χ4v) is 5.14. The number of rotatable bonds is 9. The van der Waals surface area contributed by atoms with E-state index in [-0.39, 0.29) is 11.5 Å². The smallest absolute Gasteiger partial charge is 0.360 e. The minimum Gasteiger partial charge on any atom is -0.382 e. The summed E-state index contributed by atoms with van der Waals surface area (Å²) in [7, 11) is -2.33. The summed E-state index contributed by atoms with van der Waals surface area (Å²) in [6.07, 6.45) is -2.75. The van der Waals surface area contributed by atoms with Crippen molar-refractivity contribution in [3.63, 3.8) is 0 Å². The Hall–Kier alpha value is -0.200. The standard InChI is InChI=1S/C14H20BrO9PS/c1-19-8-11-12(23-25(16)24-21-3)13(20-2)14(22-11)26(17,18)10-6-4-9(15)5-7-10/h4-7,11-14,16H,8H2,1-3H3. The predicted molar refractivity (Wildman–Crippen MR) is 94.8 cm³/mol. The number of benzene rings is 1. The molecule has 0 amide bonds. The van der Waals surface area contributed by atoms with Crippen molar-refractivity contribution >= 4 is 34.4 Å². The minimum atomic E-state index is -3.90. The molecule has 12 heteroatoms. The molecule has 1 aromatic rings. The molecule has 148 valence electrons. The molecule has 9 nitrogen and oxygen atoms in total. The topological polar surface area (TPSA) is 110 Å². The van der Waals surface area contributed by atoms with Crippen LogP contribution in [0.15, 0.2) is 33.6 Å². The molecule has 1 fully saturated rings. The molecule has 0 radical (unpaired) electrons. The second kappa shape index (κ2) is 9.83. The normalized spacial score (nSPS) is 27.6. The Balaban J connectivity index is 2.31. The molecule has 1 heterocycles. The molecule has 26 heavy (non-hydrogen) atoms. The van der Waals surface area contributed by atoms with Gasteiger partial charge in [-0.05, 0) is 24.3 Å². The van der Waals surface area contributed by atoms with Crippen LogP contribution in [0.5, 0.6) is 0 Å². The van der Waals surface area contributed by atoms with Gasteiger partial charge in [0.05, 0.1) is 18.6 Å². The van der Waals surface area contributed by atoms with Gasteiger partial charge in [0.2, 0.25) is 9.84 Å². The maximum atomic E-state index is 13.0. The first-order valence-electron chi connectivity index (χ1n) is 7.38. The van der Waals surface area contributed by atoms with Gasteiger partial charge in [-0.2, -0.15) is 4.67 Å². The van der Waals surface area contributed by atoms with Gasteiger partial charge in [-0.25, -0.2) is 13.3 Å². The van der Waals surface area contributed by atoms with E-state index in [0.29, 0.717) is 0 Å². The fourth-order valence-electron chi connectivity index (χ4n) is 2.56. The molecule has 0 spiro atoms. The third-order valence-corrected chi connectivity index (χ3v) is 6.82. The lowest BCUT2D eigenvalue weighted by atomic mass is 10.1. The third kappa shape index (κ3) is 4.99. The van der Waals surface area contributed by atoms with E-state index in [1.807, 2.05) is 0 Å². The molecule has 1 aromatic carbocycles. The van der Waals surface area contributed by atoms with Gasteiger partial charge < -0.3 is 23.6 Å². The van der Waals surface area contributed by atoms with Gasteiger partial charge in [-0.3, -0.25) is 0 Å². The fraction of sp³-hybridized carbons (Fsp3) is 0.571. The molecule has 5 atom stereocenters. The largest absolute Gasteiger partial charge is 0.382 e. The van der Waals surface area contributed by atoms with Gasteiger partial charge in [-0.1, -0.05) is 15.9 Å². The van der Waals surface area contributed by atoms with Gasteiger partial charge in [-0.15, -0.1) is 0 Å². The number of hydrogen-bond donors (Lipinski definition) is 1. The lowest BCUT2D eigenvalue weighted by Gasteiger charge is -2.23. The number of hydrogen-bond acceptors (Lipinski definition) is 9. The quantitative estimate of drug-likeness (QED) is 0.325. The highest BCUT2D eigenvalue weighted by Crippen LogP contribution is 2.42. The van der Waals surface area contributed by atoms with Crippen LogP contribution in [0.25, 0.3) is 0 Å². The highest BCUT2D eigenvalue weighted by atomic mass is 79.9. The van der Waals surface area contributed by atoms with Crippen LogP contribution in [0.3, 0.4) is 0 Å². The van der Waals surface area contributed by atoms with Gasteiger partial charge >= 0.3 is 8.60 Å². The first-order chi connectivity index (χ1) is 12.3. The van der Waals surface area contributed by atoms with Crippen molar-refractivity contribution in [3.05, 3.63) is 28.7 Å². The molecule has 5 unspecified atom stereocenters. The van der Waals surface area contributed by atoms with Crippen LogP contribution in [-0.2, 0) is 38.1 Å². The van der Waals surface area contributed by atoms with Crippen LogP contribution in [0, 0.1) is 0 Å². The summed E-state index contributed by atoms with van der Waals surface area (Å²) < 4.78 is 52.7. The van der Waals surface area contributed by atoms with Crippen LogP contribution in [0.2, 0.25) is 0 Å². The molecule has 0 saturated carbocycles. The van der Waals surface area contributed by atoms with Crippen molar-refractivity contribution in [2.75, 3.05) is 27.9 Å². The van der Waals surface area contributed by atoms with Crippen LogP contribution < -0.4 is 0 Å². The first kappa shape index (κ1) is 22.1. The number of ether oxygens (including phenoxy) is 3. The highest BCUT2D eigenvalue weighted by Gasteiger charge is 2.53. The lowest BCUT2D eigenvalue weighted by molar-refractivity contribution is -0.192. The molecule has 0 aromatic heterocycles. The Morgan fingerprint density at radius 3 is 2.38 bits per heavy atom. The molecule has 2 rings (SSSR count). The Morgan fingerprint density at radius 1 is 1.19 bits per heavy atom. The molecule has 1 aliphatic heterocycles. The Morgan fingerprint density at radius 2 is 1.85 bits per heavy atom. The van der Waals surface area contributed by atoms with Crippen LogP contribution >= 0.6 is 24.5 Å². The van der Waals surface area contributed by atoms with Crippen molar-refractivity contribution in [3.8, 4) is 0 Å². The van der Waals surface area contributed by atoms with Gasteiger partial charge in [0, 0.05) is 18.7 Å². The van der Waals surface area contributed by atoms with Crippen LogP contribution in [0.1, 0.15) is 0 Å². The van der Waals surface area contributed by atoms with E-state index in [1.54, 1.807) is 12.1 Å². The van der Waals surface area contributed by atoms with E-state index in [2.05, 4.69) is 25.5 Å². The average Bonchev–Trinajstić information content (AvgIpc) is 2.94. The van der Waals surface area contributed by atoms with E-state index in [0.717, 1.165) is 4.47 Å². The van der Waals surface area contributed by atoms with Crippen LogP contribution in [0.4, 0.5) is 0 Å². The third-order valence-electron chi connectivity index (χ3n) is 3.67. The second-order valence-electron chi connectivity index (χ2n) is 5.25. The highest BCUT2D eigenvalue weighted by molar-refractivity contribution is 9.10. The van der Waals surface area contributed by atoms with E-state index in [4.69, 9.17) is 18.7 Å². The van der Waals surface area contributed by atoms with Crippen molar-refractivity contribution in [1.29, 1.82) is 0 Å². The minimum absolute atomic E-state index is 0.0348. The Bertz CT molecular complexity index is 671. The van der Waals surface area contributed by atoms with E-state index >= 15 is 0 Å². The Kier molecular flexibility index (Phi) is 8.35. The molecule has 1 aliphatic rings. The van der Waals surface area contributed by atoms with Crippen molar-refractivity contribution in [2.45, 2.75) is 28.6 Å². The SMILES string of the molecule is COCC1OC(S(=O)(=O)c2ccc(Br)cc2)C(OC)C1OP(O)OOC. The average molecular weight is 475 g/mol. The predicted octanol–water partition coefficient (Wildman–Crippen LogP) is 1.79. The summed E-state index contributed by atoms with van der Waals surface area (Å²) in [6, 6.07) is 6.15. The maximum Gasteiger partial charge on any atom is 0.360 e. The number of methoxy groups -OCH3 is 2. The monoisotopic (exact) mass is 474 g/mol. The zero-order chi connectivity index (χ0) is 19.3. The summed E-state index contributed by atoms with van der Waals surface area (Å²) in [6.45, 7) is 0.0348. The summed E-state index contributed by atoms with van der Waals surface area (Å²) >= 11 is 3.26. The molecule has 0 aliphatic carbocycles. The van der Waals surface area contributed by atoms with Crippen molar-refractivity contribution in [2.24, 2.45) is 0 Å². The molecule has 1 N–H and O–H groups in total. The van der Waals surface area contributed by atoms with Gasteiger partial charge in [0.15, 0.2) is 5.44 Å². The van der Waals surface area contributed by atoms with E-state index in [9.17, 15) is 13.3 Å². The summed E-state index contributed by atoms with van der Waals surface area (Å²) in [5, 5.41) is 0. The zero-order valence-electron chi connectivity index (χ0n) is 14.3.